The molecule has 0 aliphatic heterocycles. The topological polar surface area (TPSA) is 88.6 Å². The zero-order valence-corrected chi connectivity index (χ0v) is 19.4. The number of nitrogens with zero attached hydrogens (tertiary/aromatic N) is 2. The summed E-state index contributed by atoms with van der Waals surface area (Å²) in [6.07, 6.45) is 0. The molecule has 166 valence electrons. The molecule has 0 saturated carbocycles. The highest BCUT2D eigenvalue weighted by atomic mass is 32.2. The Morgan fingerprint density at radius 1 is 1.03 bits per heavy atom. The van der Waals surface area contributed by atoms with Crippen LogP contribution in [0.3, 0.4) is 0 Å². The average molecular weight is 470 g/mol. The summed E-state index contributed by atoms with van der Waals surface area (Å²) < 4.78 is 33.2. The van der Waals surface area contributed by atoms with E-state index in [0.717, 1.165) is 10.8 Å². The predicted octanol–water partition coefficient (Wildman–Crippen LogP) is 4.50. The van der Waals surface area contributed by atoms with Crippen molar-refractivity contribution < 1.29 is 17.9 Å². The molecule has 0 aliphatic rings. The summed E-state index contributed by atoms with van der Waals surface area (Å²) in [7, 11) is -3.56. The van der Waals surface area contributed by atoms with E-state index in [0.29, 0.717) is 34.2 Å². The highest BCUT2D eigenvalue weighted by Crippen LogP contribution is 2.29. The first kappa shape index (κ1) is 22.2. The van der Waals surface area contributed by atoms with Crippen molar-refractivity contribution in [2.24, 2.45) is 0 Å². The van der Waals surface area contributed by atoms with Crippen LogP contribution in [0.2, 0.25) is 0 Å². The van der Waals surface area contributed by atoms with Crippen molar-refractivity contribution in [2.45, 2.75) is 18.7 Å². The second-order valence-corrected chi connectivity index (χ2v) is 10.1. The molecule has 4 rings (SSSR count). The van der Waals surface area contributed by atoms with Crippen LogP contribution in [-0.2, 0) is 14.8 Å². The summed E-state index contributed by atoms with van der Waals surface area (Å²) in [6.45, 7) is 4.26. The molecule has 1 N–H and O–H groups in total. The number of carbonyl (C=O) groups excluding carboxylic acids is 1. The molecular formula is C23H23N3O4S2. The number of sulfonamides is 1. The van der Waals surface area contributed by atoms with Crippen molar-refractivity contribution >= 4 is 53.4 Å². The van der Waals surface area contributed by atoms with Gasteiger partial charge in [-0.15, -0.1) is 0 Å². The van der Waals surface area contributed by atoms with Crippen LogP contribution in [0.4, 0.5) is 5.13 Å². The van der Waals surface area contributed by atoms with Crippen LogP contribution in [0.5, 0.6) is 5.75 Å². The van der Waals surface area contributed by atoms with Gasteiger partial charge in [-0.3, -0.25) is 10.1 Å². The van der Waals surface area contributed by atoms with E-state index in [9.17, 15) is 13.2 Å². The van der Waals surface area contributed by atoms with E-state index >= 15 is 0 Å². The zero-order chi connectivity index (χ0) is 22.7. The van der Waals surface area contributed by atoms with Crippen molar-refractivity contribution in [3.05, 3.63) is 60.7 Å². The lowest BCUT2D eigenvalue weighted by Gasteiger charge is -2.18. The van der Waals surface area contributed by atoms with Gasteiger partial charge in [-0.25, -0.2) is 13.4 Å². The summed E-state index contributed by atoms with van der Waals surface area (Å²) in [4.78, 5) is 16.9. The molecular weight excluding hydrogens is 446 g/mol. The third-order valence-electron chi connectivity index (χ3n) is 5.04. The highest BCUT2D eigenvalue weighted by Gasteiger charge is 2.22. The molecule has 1 amide bonds. The molecule has 0 unspecified atom stereocenters. The molecule has 4 aromatic rings. The number of amides is 1. The van der Waals surface area contributed by atoms with E-state index < -0.39 is 10.0 Å². The fourth-order valence-corrected chi connectivity index (χ4v) is 5.87. The number of hydrogen-bond donors (Lipinski definition) is 1. The Morgan fingerprint density at radius 2 is 1.78 bits per heavy atom. The van der Waals surface area contributed by atoms with Gasteiger partial charge in [0.2, 0.25) is 10.0 Å². The minimum atomic E-state index is -3.56. The van der Waals surface area contributed by atoms with Crippen molar-refractivity contribution in [1.82, 2.24) is 9.29 Å². The van der Waals surface area contributed by atoms with Gasteiger partial charge in [0.25, 0.3) is 5.91 Å². The van der Waals surface area contributed by atoms with Gasteiger partial charge in [-0.2, -0.15) is 4.31 Å². The SMILES string of the molecule is CCN(CC)S(=O)(=O)c1ccc2nc(NC(=O)COc3ccc4ccccc4c3)sc2c1. The fraction of sp³-hybridized carbons (Fsp3) is 0.217. The van der Waals surface area contributed by atoms with Gasteiger partial charge in [0.05, 0.1) is 15.1 Å². The van der Waals surface area contributed by atoms with E-state index in [4.69, 9.17) is 4.74 Å². The third-order valence-corrected chi connectivity index (χ3v) is 8.02. The lowest BCUT2D eigenvalue weighted by Crippen LogP contribution is -2.30. The molecule has 0 atom stereocenters. The van der Waals surface area contributed by atoms with Gasteiger partial charge >= 0.3 is 0 Å². The second kappa shape index (κ2) is 9.23. The van der Waals surface area contributed by atoms with Crippen molar-refractivity contribution in [1.29, 1.82) is 0 Å². The van der Waals surface area contributed by atoms with Gasteiger partial charge in [-0.1, -0.05) is 55.5 Å². The zero-order valence-electron chi connectivity index (χ0n) is 17.7. The van der Waals surface area contributed by atoms with Gasteiger partial charge in [-0.05, 0) is 41.1 Å². The summed E-state index contributed by atoms with van der Waals surface area (Å²) >= 11 is 1.22. The fourth-order valence-electron chi connectivity index (χ4n) is 3.39. The van der Waals surface area contributed by atoms with Crippen molar-refractivity contribution in [3.63, 3.8) is 0 Å². The van der Waals surface area contributed by atoms with E-state index in [1.54, 1.807) is 32.0 Å². The Morgan fingerprint density at radius 3 is 2.53 bits per heavy atom. The molecule has 0 bridgehead atoms. The number of carbonyl (C=O) groups is 1. The first-order valence-electron chi connectivity index (χ1n) is 10.2. The first-order valence-corrected chi connectivity index (χ1v) is 12.5. The number of nitrogens with one attached hydrogen (secondary N) is 1. The van der Waals surface area contributed by atoms with Crippen LogP contribution in [0, 0.1) is 0 Å². The summed E-state index contributed by atoms with van der Waals surface area (Å²) in [5.74, 6) is 0.266. The van der Waals surface area contributed by atoms with Gasteiger partial charge in [0, 0.05) is 13.1 Å². The Hall–Kier alpha value is -3.01. The van der Waals surface area contributed by atoms with Crippen LogP contribution >= 0.6 is 11.3 Å². The normalized spacial score (nSPS) is 11.8. The van der Waals surface area contributed by atoms with Crippen LogP contribution in [0.15, 0.2) is 65.6 Å². The Balaban J connectivity index is 1.44. The monoisotopic (exact) mass is 469 g/mol. The predicted molar refractivity (Wildman–Crippen MR) is 128 cm³/mol. The summed E-state index contributed by atoms with van der Waals surface area (Å²) in [5, 5.41) is 5.25. The Labute approximate surface area is 190 Å². The number of anilines is 1. The molecule has 32 heavy (non-hydrogen) atoms. The minimum Gasteiger partial charge on any atom is -0.484 e. The van der Waals surface area contributed by atoms with Gasteiger partial charge < -0.3 is 4.74 Å². The highest BCUT2D eigenvalue weighted by molar-refractivity contribution is 7.89. The lowest BCUT2D eigenvalue weighted by molar-refractivity contribution is -0.118. The van der Waals surface area contributed by atoms with E-state index in [2.05, 4.69) is 10.3 Å². The average Bonchev–Trinajstić information content (AvgIpc) is 3.19. The van der Waals surface area contributed by atoms with Gasteiger partial charge in [0.1, 0.15) is 5.75 Å². The number of rotatable bonds is 8. The van der Waals surface area contributed by atoms with Crippen LogP contribution in [0.1, 0.15) is 13.8 Å². The first-order chi connectivity index (χ1) is 15.4. The van der Waals surface area contributed by atoms with Crippen LogP contribution < -0.4 is 10.1 Å². The summed E-state index contributed by atoms with van der Waals surface area (Å²) in [5.41, 5.74) is 0.624. The quantitative estimate of drug-likeness (QED) is 0.411. The van der Waals surface area contributed by atoms with Crippen LogP contribution in [-0.4, -0.2) is 43.3 Å². The van der Waals surface area contributed by atoms with Gasteiger partial charge in [0.15, 0.2) is 11.7 Å². The maximum absolute atomic E-state index is 12.7. The molecule has 0 aliphatic carbocycles. The number of aromatic nitrogens is 1. The maximum Gasteiger partial charge on any atom is 0.264 e. The minimum absolute atomic E-state index is 0.157. The van der Waals surface area contributed by atoms with Crippen molar-refractivity contribution in [3.8, 4) is 5.75 Å². The number of fused-ring (bicyclic) bond motifs is 2. The summed E-state index contributed by atoms with van der Waals surface area (Å²) in [6, 6.07) is 18.4. The molecule has 0 spiro atoms. The molecule has 0 saturated heterocycles. The number of hydrogen-bond acceptors (Lipinski definition) is 6. The third kappa shape index (κ3) is 4.59. The van der Waals surface area contributed by atoms with E-state index in [1.807, 2.05) is 42.5 Å². The van der Waals surface area contributed by atoms with Crippen LogP contribution in [0.25, 0.3) is 21.0 Å². The molecule has 1 heterocycles. The van der Waals surface area contributed by atoms with Crippen molar-refractivity contribution in [2.75, 3.05) is 25.0 Å². The molecule has 0 radical (unpaired) electrons. The molecule has 1 aromatic heterocycles. The molecule has 7 nitrogen and oxygen atoms in total. The smallest absolute Gasteiger partial charge is 0.264 e. The van der Waals surface area contributed by atoms with E-state index in [-0.39, 0.29) is 17.4 Å². The second-order valence-electron chi connectivity index (χ2n) is 7.08. The maximum atomic E-state index is 12.7. The molecule has 0 fully saturated rings. The Bertz CT molecular complexity index is 1380. The largest absolute Gasteiger partial charge is 0.484 e. The standard InChI is InChI=1S/C23H23N3O4S2/c1-3-26(4-2)32(28,29)19-11-12-20-21(14-19)31-23(24-20)25-22(27)15-30-18-10-9-16-7-5-6-8-17(16)13-18/h5-14H,3-4,15H2,1-2H3,(H,24,25,27). The Kier molecular flexibility index (Phi) is 6.40. The number of thiazole rings is 1. The lowest BCUT2D eigenvalue weighted by atomic mass is 10.1. The molecule has 9 heteroatoms. The number of benzene rings is 3. The molecule has 3 aromatic carbocycles. The van der Waals surface area contributed by atoms with E-state index in [1.165, 1.54) is 15.6 Å². The number of ether oxygens (including phenoxy) is 1.